The summed E-state index contributed by atoms with van der Waals surface area (Å²) in [6, 6.07) is 8.06. The van der Waals surface area contributed by atoms with E-state index in [1.165, 1.54) is 12.8 Å². The van der Waals surface area contributed by atoms with Crippen LogP contribution in [0.25, 0.3) is 11.3 Å². The Morgan fingerprint density at radius 2 is 2.37 bits per heavy atom. The zero-order valence-electron chi connectivity index (χ0n) is 10.8. The lowest BCUT2D eigenvalue weighted by Crippen LogP contribution is -2.33. The highest BCUT2D eigenvalue weighted by atomic mass is 32.1. The lowest BCUT2D eigenvalue weighted by atomic mass is 10.0. The number of rotatable bonds is 4. The molecule has 19 heavy (non-hydrogen) atoms. The van der Waals surface area contributed by atoms with Crippen LogP contribution in [0.1, 0.15) is 12.8 Å². The molecule has 0 amide bonds. The van der Waals surface area contributed by atoms with Gasteiger partial charge in [-0.15, -0.1) is 0 Å². The third-order valence-corrected chi connectivity index (χ3v) is 4.09. The van der Waals surface area contributed by atoms with E-state index in [1.807, 2.05) is 18.2 Å². The number of pyridine rings is 1. The second-order valence-electron chi connectivity index (χ2n) is 4.90. The summed E-state index contributed by atoms with van der Waals surface area (Å²) in [6.45, 7) is 2.96. The lowest BCUT2D eigenvalue weighted by Gasteiger charge is -2.22. The van der Waals surface area contributed by atoms with E-state index in [4.69, 9.17) is 4.74 Å². The molecule has 1 aliphatic rings. The predicted molar refractivity (Wildman–Crippen MR) is 78.6 cm³/mol. The number of nitrogens with one attached hydrogen (secondary N) is 1. The summed E-state index contributed by atoms with van der Waals surface area (Å²) in [5.74, 6) is 1.34. The van der Waals surface area contributed by atoms with Crippen LogP contribution in [0.3, 0.4) is 0 Å². The first-order valence-electron chi connectivity index (χ1n) is 6.75. The average Bonchev–Trinajstić information content (AvgIpc) is 3.01. The van der Waals surface area contributed by atoms with Crippen LogP contribution in [0.5, 0.6) is 5.88 Å². The molecule has 0 saturated carbocycles. The standard InChI is InChI=1S/C15H18N2OS/c1-4-14(13-6-8-19-11-13)17-15(5-1)18-10-12-3-2-7-16-9-12/h1,4-6,8,11-12,16H,2-3,7,9-10H2. The van der Waals surface area contributed by atoms with Crippen LogP contribution in [0.2, 0.25) is 0 Å². The monoisotopic (exact) mass is 274 g/mol. The normalized spacial score (nSPS) is 19.3. The molecule has 1 fully saturated rings. The fourth-order valence-corrected chi connectivity index (χ4v) is 2.99. The molecule has 0 aromatic carbocycles. The van der Waals surface area contributed by atoms with Crippen molar-refractivity contribution in [3.05, 3.63) is 35.0 Å². The van der Waals surface area contributed by atoms with Crippen molar-refractivity contribution >= 4 is 11.3 Å². The fraction of sp³-hybridized carbons (Fsp3) is 0.400. The van der Waals surface area contributed by atoms with Gasteiger partial charge in [-0.3, -0.25) is 0 Å². The molecule has 1 saturated heterocycles. The highest BCUT2D eigenvalue weighted by Crippen LogP contribution is 2.22. The summed E-state index contributed by atoms with van der Waals surface area (Å²) >= 11 is 1.69. The number of hydrogen-bond acceptors (Lipinski definition) is 4. The highest BCUT2D eigenvalue weighted by Gasteiger charge is 2.13. The summed E-state index contributed by atoms with van der Waals surface area (Å²) in [5.41, 5.74) is 2.15. The van der Waals surface area contributed by atoms with Gasteiger partial charge in [0.05, 0.1) is 12.3 Å². The predicted octanol–water partition coefficient (Wildman–Crippen LogP) is 3.19. The smallest absolute Gasteiger partial charge is 0.213 e. The molecule has 3 nitrogen and oxygen atoms in total. The molecule has 0 spiro atoms. The Kier molecular flexibility index (Phi) is 4.10. The van der Waals surface area contributed by atoms with Crippen molar-refractivity contribution in [3.8, 4) is 17.1 Å². The third kappa shape index (κ3) is 3.33. The topological polar surface area (TPSA) is 34.1 Å². The van der Waals surface area contributed by atoms with Gasteiger partial charge in [-0.05, 0) is 36.9 Å². The first kappa shape index (κ1) is 12.6. The van der Waals surface area contributed by atoms with E-state index in [1.54, 1.807) is 11.3 Å². The van der Waals surface area contributed by atoms with Gasteiger partial charge in [0.2, 0.25) is 5.88 Å². The van der Waals surface area contributed by atoms with E-state index in [2.05, 4.69) is 27.1 Å². The van der Waals surface area contributed by atoms with Crippen LogP contribution in [-0.4, -0.2) is 24.7 Å². The summed E-state index contributed by atoms with van der Waals surface area (Å²) in [4.78, 5) is 4.56. The van der Waals surface area contributed by atoms with Crippen molar-refractivity contribution in [1.82, 2.24) is 10.3 Å². The van der Waals surface area contributed by atoms with Gasteiger partial charge in [-0.1, -0.05) is 6.07 Å². The second kappa shape index (κ2) is 6.17. The molecule has 1 N–H and O–H groups in total. The summed E-state index contributed by atoms with van der Waals surface area (Å²) < 4.78 is 5.84. The molecule has 1 atom stereocenters. The van der Waals surface area contributed by atoms with Crippen LogP contribution < -0.4 is 10.1 Å². The maximum absolute atomic E-state index is 5.84. The minimum atomic E-state index is 0.611. The Labute approximate surface area is 117 Å². The number of aromatic nitrogens is 1. The van der Waals surface area contributed by atoms with E-state index in [-0.39, 0.29) is 0 Å². The number of ether oxygens (including phenoxy) is 1. The maximum atomic E-state index is 5.84. The molecule has 1 aliphatic heterocycles. The number of hydrogen-bond donors (Lipinski definition) is 1. The van der Waals surface area contributed by atoms with Crippen molar-refractivity contribution in [2.24, 2.45) is 5.92 Å². The van der Waals surface area contributed by atoms with Crippen molar-refractivity contribution in [1.29, 1.82) is 0 Å². The van der Waals surface area contributed by atoms with Gasteiger partial charge < -0.3 is 10.1 Å². The second-order valence-corrected chi connectivity index (χ2v) is 5.68. The molecule has 0 bridgehead atoms. The SMILES string of the molecule is c1cc(OCC2CCCNC2)nc(-c2ccsc2)c1. The van der Waals surface area contributed by atoms with Crippen LogP contribution >= 0.6 is 11.3 Å². The Hall–Kier alpha value is -1.39. The third-order valence-electron chi connectivity index (χ3n) is 3.41. The summed E-state index contributed by atoms with van der Waals surface area (Å²) in [5, 5.41) is 7.58. The van der Waals surface area contributed by atoms with Gasteiger partial charge >= 0.3 is 0 Å². The first-order valence-corrected chi connectivity index (χ1v) is 7.69. The molecule has 0 aliphatic carbocycles. The Balaban J connectivity index is 1.63. The van der Waals surface area contributed by atoms with Crippen LogP contribution in [-0.2, 0) is 0 Å². The van der Waals surface area contributed by atoms with E-state index in [0.29, 0.717) is 5.92 Å². The van der Waals surface area contributed by atoms with Gasteiger partial charge in [-0.2, -0.15) is 11.3 Å². The number of thiophene rings is 1. The Morgan fingerprint density at radius 1 is 1.37 bits per heavy atom. The maximum Gasteiger partial charge on any atom is 0.213 e. The molecule has 4 heteroatoms. The van der Waals surface area contributed by atoms with Crippen LogP contribution in [0.4, 0.5) is 0 Å². The molecular weight excluding hydrogens is 256 g/mol. The molecule has 0 radical (unpaired) electrons. The molecule has 3 heterocycles. The summed E-state index contributed by atoms with van der Waals surface area (Å²) in [7, 11) is 0. The highest BCUT2D eigenvalue weighted by molar-refractivity contribution is 7.08. The first-order chi connectivity index (χ1) is 9.42. The fourth-order valence-electron chi connectivity index (χ4n) is 2.34. The molecule has 3 rings (SSSR count). The Bertz CT molecular complexity index is 507. The molecule has 2 aromatic heterocycles. The van der Waals surface area contributed by atoms with Crippen molar-refractivity contribution < 1.29 is 4.74 Å². The minimum absolute atomic E-state index is 0.611. The van der Waals surface area contributed by atoms with Crippen molar-refractivity contribution in [2.45, 2.75) is 12.8 Å². The molecule has 100 valence electrons. The number of piperidine rings is 1. The lowest BCUT2D eigenvalue weighted by molar-refractivity contribution is 0.212. The minimum Gasteiger partial charge on any atom is -0.477 e. The van der Waals surface area contributed by atoms with Gasteiger partial charge in [0.1, 0.15) is 0 Å². The van der Waals surface area contributed by atoms with Crippen LogP contribution in [0, 0.1) is 5.92 Å². The van der Waals surface area contributed by atoms with E-state index < -0.39 is 0 Å². The van der Waals surface area contributed by atoms with Crippen molar-refractivity contribution in [3.63, 3.8) is 0 Å². The van der Waals surface area contributed by atoms with Crippen molar-refractivity contribution in [2.75, 3.05) is 19.7 Å². The van der Waals surface area contributed by atoms with E-state index in [9.17, 15) is 0 Å². The van der Waals surface area contributed by atoms with Gasteiger partial charge in [0, 0.05) is 29.5 Å². The largest absolute Gasteiger partial charge is 0.477 e. The van der Waals surface area contributed by atoms with E-state index >= 15 is 0 Å². The quantitative estimate of drug-likeness (QED) is 0.929. The zero-order chi connectivity index (χ0) is 12.9. The van der Waals surface area contributed by atoms with Gasteiger partial charge in [-0.25, -0.2) is 4.98 Å². The molecule has 1 unspecified atom stereocenters. The Morgan fingerprint density at radius 3 is 3.16 bits per heavy atom. The molecular formula is C15H18N2OS. The van der Waals surface area contributed by atoms with Gasteiger partial charge in [0.25, 0.3) is 0 Å². The number of nitrogens with zero attached hydrogens (tertiary/aromatic N) is 1. The van der Waals surface area contributed by atoms with Crippen LogP contribution in [0.15, 0.2) is 35.0 Å². The van der Waals surface area contributed by atoms with E-state index in [0.717, 1.165) is 36.8 Å². The average molecular weight is 274 g/mol. The zero-order valence-corrected chi connectivity index (χ0v) is 11.7. The molecule has 2 aromatic rings. The summed E-state index contributed by atoms with van der Waals surface area (Å²) in [6.07, 6.45) is 2.49. The van der Waals surface area contributed by atoms with Gasteiger partial charge in [0.15, 0.2) is 0 Å².